The Balaban J connectivity index is 2.01. The molecule has 2 aromatic rings. The van der Waals surface area contributed by atoms with E-state index in [1.54, 1.807) is 6.07 Å². The Morgan fingerprint density at radius 1 is 1.05 bits per heavy atom. The predicted molar refractivity (Wildman–Crippen MR) is 80.9 cm³/mol. The summed E-state index contributed by atoms with van der Waals surface area (Å²) < 4.78 is 26.0. The summed E-state index contributed by atoms with van der Waals surface area (Å²) in [7, 11) is 0. The standard InChI is InChI=1S/C17H14F2OS/c18-16-8-7-15(11-17(16)19)21-12-14-6-3-5-13(10-14)4-1-2-9-20/h3,5-8,10-11,20H,2,9,12H2. The van der Waals surface area contributed by atoms with Gasteiger partial charge in [0.25, 0.3) is 0 Å². The highest BCUT2D eigenvalue weighted by Crippen LogP contribution is 2.24. The lowest BCUT2D eigenvalue weighted by Gasteiger charge is -2.03. The quantitative estimate of drug-likeness (QED) is 0.681. The number of thioether (sulfide) groups is 1. The Morgan fingerprint density at radius 2 is 1.90 bits per heavy atom. The van der Waals surface area contributed by atoms with Crippen molar-refractivity contribution in [1.82, 2.24) is 0 Å². The SMILES string of the molecule is OCCC#Cc1cccc(CSc2ccc(F)c(F)c2)c1. The van der Waals surface area contributed by atoms with Gasteiger partial charge in [-0.05, 0) is 35.9 Å². The highest BCUT2D eigenvalue weighted by Gasteiger charge is 2.03. The molecule has 0 aliphatic heterocycles. The van der Waals surface area contributed by atoms with Crippen LogP contribution in [0.25, 0.3) is 0 Å². The molecule has 1 N–H and O–H groups in total. The molecular weight excluding hydrogens is 290 g/mol. The second kappa shape index (κ2) is 7.82. The molecule has 0 amide bonds. The summed E-state index contributed by atoms with van der Waals surface area (Å²) in [6.45, 7) is 0.0542. The summed E-state index contributed by atoms with van der Waals surface area (Å²) in [6, 6.07) is 11.6. The molecule has 1 nitrogen and oxygen atoms in total. The number of rotatable bonds is 4. The second-order valence-corrected chi connectivity index (χ2v) is 5.39. The van der Waals surface area contributed by atoms with Crippen LogP contribution in [0.1, 0.15) is 17.5 Å². The van der Waals surface area contributed by atoms with Gasteiger partial charge in [-0.2, -0.15) is 0 Å². The molecule has 0 unspecified atom stereocenters. The Hall–Kier alpha value is -1.83. The maximum Gasteiger partial charge on any atom is 0.159 e. The van der Waals surface area contributed by atoms with E-state index in [0.717, 1.165) is 17.2 Å². The summed E-state index contributed by atoms with van der Waals surface area (Å²) >= 11 is 1.44. The lowest BCUT2D eigenvalue weighted by atomic mass is 10.1. The van der Waals surface area contributed by atoms with Crippen molar-refractivity contribution in [3.05, 3.63) is 65.2 Å². The largest absolute Gasteiger partial charge is 0.395 e. The fourth-order valence-electron chi connectivity index (χ4n) is 1.69. The van der Waals surface area contributed by atoms with E-state index in [9.17, 15) is 8.78 Å². The van der Waals surface area contributed by atoms with Crippen LogP contribution in [0.4, 0.5) is 8.78 Å². The summed E-state index contributed by atoms with van der Waals surface area (Å²) in [6.07, 6.45) is 0.452. The summed E-state index contributed by atoms with van der Waals surface area (Å²) in [4.78, 5) is 0.686. The molecule has 108 valence electrons. The lowest BCUT2D eigenvalue weighted by Crippen LogP contribution is -1.86. The van der Waals surface area contributed by atoms with Crippen LogP contribution in [-0.2, 0) is 5.75 Å². The van der Waals surface area contributed by atoms with Crippen molar-refractivity contribution in [3.8, 4) is 11.8 Å². The second-order valence-electron chi connectivity index (χ2n) is 4.34. The maximum atomic E-state index is 13.1. The van der Waals surface area contributed by atoms with E-state index in [1.165, 1.54) is 17.8 Å². The lowest BCUT2D eigenvalue weighted by molar-refractivity contribution is 0.305. The van der Waals surface area contributed by atoms with Gasteiger partial charge in [0, 0.05) is 22.6 Å². The minimum atomic E-state index is -0.833. The highest BCUT2D eigenvalue weighted by atomic mass is 32.2. The molecule has 0 aliphatic rings. The first kappa shape index (κ1) is 15.6. The number of aliphatic hydroxyl groups excluding tert-OH is 1. The molecule has 0 bridgehead atoms. The van der Waals surface area contributed by atoms with Crippen molar-refractivity contribution in [2.75, 3.05) is 6.61 Å². The van der Waals surface area contributed by atoms with Crippen LogP contribution in [0.3, 0.4) is 0 Å². The molecule has 0 aromatic heterocycles. The van der Waals surface area contributed by atoms with E-state index in [4.69, 9.17) is 5.11 Å². The molecule has 0 spiro atoms. The van der Waals surface area contributed by atoms with Crippen molar-refractivity contribution >= 4 is 11.8 Å². The first-order valence-corrected chi connectivity index (χ1v) is 7.44. The van der Waals surface area contributed by atoms with E-state index in [1.807, 2.05) is 24.3 Å². The molecule has 0 saturated heterocycles. The zero-order valence-electron chi connectivity index (χ0n) is 11.3. The normalized spacial score (nSPS) is 10.0. The van der Waals surface area contributed by atoms with Crippen molar-refractivity contribution in [3.63, 3.8) is 0 Å². The van der Waals surface area contributed by atoms with Crippen LogP contribution >= 0.6 is 11.8 Å². The third-order valence-electron chi connectivity index (χ3n) is 2.69. The van der Waals surface area contributed by atoms with Crippen LogP contribution in [-0.4, -0.2) is 11.7 Å². The fraction of sp³-hybridized carbons (Fsp3) is 0.176. The Labute approximate surface area is 127 Å². The zero-order chi connectivity index (χ0) is 15.1. The molecule has 0 fully saturated rings. The van der Waals surface area contributed by atoms with Gasteiger partial charge in [-0.25, -0.2) is 8.78 Å². The Morgan fingerprint density at radius 3 is 2.67 bits per heavy atom. The summed E-state index contributed by atoms with van der Waals surface area (Å²) in [5.74, 6) is 4.83. The van der Waals surface area contributed by atoms with Gasteiger partial charge in [-0.1, -0.05) is 24.0 Å². The first-order chi connectivity index (χ1) is 10.2. The molecule has 4 heteroatoms. The Kier molecular flexibility index (Phi) is 5.79. The van der Waals surface area contributed by atoms with E-state index >= 15 is 0 Å². The van der Waals surface area contributed by atoms with Gasteiger partial charge in [-0.15, -0.1) is 11.8 Å². The van der Waals surface area contributed by atoms with Gasteiger partial charge in [-0.3, -0.25) is 0 Å². The average molecular weight is 304 g/mol. The summed E-state index contributed by atoms with van der Waals surface area (Å²) in [5, 5.41) is 8.69. The third-order valence-corrected chi connectivity index (χ3v) is 3.76. The van der Waals surface area contributed by atoms with E-state index < -0.39 is 11.6 Å². The van der Waals surface area contributed by atoms with Crippen LogP contribution in [0.15, 0.2) is 47.4 Å². The number of benzene rings is 2. The number of hydrogen-bond acceptors (Lipinski definition) is 2. The monoisotopic (exact) mass is 304 g/mol. The van der Waals surface area contributed by atoms with Gasteiger partial charge in [0.05, 0.1) is 6.61 Å². The van der Waals surface area contributed by atoms with Gasteiger partial charge in [0.15, 0.2) is 11.6 Å². The van der Waals surface area contributed by atoms with E-state index in [-0.39, 0.29) is 6.61 Å². The van der Waals surface area contributed by atoms with Crippen LogP contribution in [0, 0.1) is 23.5 Å². The Bertz CT molecular complexity index is 674. The van der Waals surface area contributed by atoms with Gasteiger partial charge < -0.3 is 5.11 Å². The van der Waals surface area contributed by atoms with Crippen molar-refractivity contribution in [2.24, 2.45) is 0 Å². The van der Waals surface area contributed by atoms with Crippen molar-refractivity contribution in [1.29, 1.82) is 0 Å². The zero-order valence-corrected chi connectivity index (χ0v) is 12.1. The predicted octanol–water partition coefficient (Wildman–Crippen LogP) is 3.99. The topological polar surface area (TPSA) is 20.2 Å². The van der Waals surface area contributed by atoms with Crippen LogP contribution in [0.2, 0.25) is 0 Å². The molecule has 0 atom stereocenters. The maximum absolute atomic E-state index is 13.1. The number of aliphatic hydroxyl groups is 1. The van der Waals surface area contributed by atoms with E-state index in [2.05, 4.69) is 11.8 Å². The molecule has 0 saturated carbocycles. The molecular formula is C17H14F2OS. The highest BCUT2D eigenvalue weighted by molar-refractivity contribution is 7.98. The summed E-state index contributed by atoms with van der Waals surface area (Å²) in [5.41, 5.74) is 1.94. The first-order valence-electron chi connectivity index (χ1n) is 6.45. The molecule has 0 heterocycles. The van der Waals surface area contributed by atoms with Gasteiger partial charge in [0.1, 0.15) is 0 Å². The van der Waals surface area contributed by atoms with Gasteiger partial charge in [0.2, 0.25) is 0 Å². The third kappa shape index (κ3) is 4.89. The average Bonchev–Trinajstić information content (AvgIpc) is 2.49. The smallest absolute Gasteiger partial charge is 0.159 e. The minimum Gasteiger partial charge on any atom is -0.395 e. The number of hydrogen-bond donors (Lipinski definition) is 1. The van der Waals surface area contributed by atoms with Crippen molar-refractivity contribution < 1.29 is 13.9 Å². The molecule has 2 aromatic carbocycles. The van der Waals surface area contributed by atoms with Crippen molar-refractivity contribution in [2.45, 2.75) is 17.1 Å². The van der Waals surface area contributed by atoms with Gasteiger partial charge >= 0.3 is 0 Å². The van der Waals surface area contributed by atoms with Crippen LogP contribution < -0.4 is 0 Å². The fourth-order valence-corrected chi connectivity index (χ4v) is 2.56. The molecule has 0 radical (unpaired) electrons. The van der Waals surface area contributed by atoms with E-state index in [0.29, 0.717) is 17.1 Å². The van der Waals surface area contributed by atoms with Crippen LogP contribution in [0.5, 0.6) is 0 Å². The number of halogens is 2. The molecule has 21 heavy (non-hydrogen) atoms. The molecule has 2 rings (SSSR count). The molecule has 0 aliphatic carbocycles. The minimum absolute atomic E-state index is 0.0542.